The summed E-state index contributed by atoms with van der Waals surface area (Å²) in [5, 5.41) is 2.73. The van der Waals surface area contributed by atoms with Crippen molar-refractivity contribution < 1.29 is 23.5 Å². The second-order valence-electron chi connectivity index (χ2n) is 8.13. The number of ether oxygens (including phenoxy) is 1. The quantitative estimate of drug-likeness (QED) is 0.737. The third-order valence-electron chi connectivity index (χ3n) is 6.02. The molecule has 2 aliphatic rings. The van der Waals surface area contributed by atoms with Crippen molar-refractivity contribution in [3.8, 4) is 5.75 Å². The Kier molecular flexibility index (Phi) is 5.97. The van der Waals surface area contributed by atoms with Crippen LogP contribution in [-0.2, 0) is 9.59 Å². The van der Waals surface area contributed by atoms with Gasteiger partial charge in [-0.2, -0.15) is 0 Å². The van der Waals surface area contributed by atoms with Gasteiger partial charge in [0.05, 0.1) is 11.7 Å². The number of carbonyl (C=O) groups excluding carboxylic acids is 3. The van der Waals surface area contributed by atoms with Crippen LogP contribution in [0.3, 0.4) is 0 Å². The molecule has 8 heteroatoms. The number of hydrogen-bond donors (Lipinski definition) is 1. The number of benzene rings is 1. The first-order chi connectivity index (χ1) is 15.0. The van der Waals surface area contributed by atoms with Gasteiger partial charge < -0.3 is 24.3 Å². The normalized spacial score (nSPS) is 20.5. The zero-order chi connectivity index (χ0) is 21.8. The molecule has 31 heavy (non-hydrogen) atoms. The number of hydrogen-bond acceptors (Lipinski definition) is 5. The number of amides is 3. The minimum Gasteiger partial charge on any atom is -0.484 e. The molecule has 0 aliphatic carbocycles. The molecule has 8 nitrogen and oxygen atoms in total. The van der Waals surface area contributed by atoms with Gasteiger partial charge in [-0.25, -0.2) is 0 Å². The highest BCUT2D eigenvalue weighted by Crippen LogP contribution is 2.40. The Hall–Kier alpha value is -3.29. The number of nitrogens with one attached hydrogen (secondary N) is 1. The lowest BCUT2D eigenvalue weighted by atomic mass is 9.85. The zero-order valence-corrected chi connectivity index (χ0v) is 17.6. The molecule has 2 aromatic rings. The zero-order valence-electron chi connectivity index (χ0n) is 17.6. The second kappa shape index (κ2) is 8.83. The summed E-state index contributed by atoms with van der Waals surface area (Å²) in [6.45, 7) is 4.63. The monoisotopic (exact) mass is 425 g/mol. The third kappa shape index (κ3) is 4.42. The summed E-state index contributed by atoms with van der Waals surface area (Å²) in [5.41, 5.74) is 0.191. The minimum atomic E-state index is -0.404. The molecule has 2 aliphatic heterocycles. The highest BCUT2D eigenvalue weighted by molar-refractivity contribution is 6.02. The summed E-state index contributed by atoms with van der Waals surface area (Å²) in [6, 6.07) is 10.0. The van der Waals surface area contributed by atoms with E-state index < -0.39 is 5.41 Å². The van der Waals surface area contributed by atoms with Gasteiger partial charge in [-0.05, 0) is 55.7 Å². The number of likely N-dealkylation sites (tertiary alicyclic amines) is 2. The first-order valence-corrected chi connectivity index (χ1v) is 10.7. The molecule has 1 aromatic carbocycles. The summed E-state index contributed by atoms with van der Waals surface area (Å²) in [4.78, 5) is 41.1. The number of rotatable bonds is 7. The highest BCUT2D eigenvalue weighted by Gasteiger charge is 2.51. The van der Waals surface area contributed by atoms with E-state index in [2.05, 4.69) is 12.2 Å². The molecule has 1 N–H and O–H groups in total. The maximum absolute atomic E-state index is 12.8. The Morgan fingerprint density at radius 1 is 1.16 bits per heavy atom. The number of nitrogens with zero attached hydrogens (tertiary/aromatic N) is 2. The molecule has 1 aromatic heterocycles. The predicted octanol–water partition coefficient (Wildman–Crippen LogP) is 2.77. The van der Waals surface area contributed by atoms with Gasteiger partial charge in [0.15, 0.2) is 12.4 Å². The highest BCUT2D eigenvalue weighted by atomic mass is 16.5. The van der Waals surface area contributed by atoms with Crippen molar-refractivity contribution in [1.29, 1.82) is 0 Å². The van der Waals surface area contributed by atoms with E-state index in [9.17, 15) is 14.4 Å². The molecule has 0 bridgehead atoms. The van der Waals surface area contributed by atoms with Crippen LogP contribution in [0.2, 0.25) is 0 Å². The van der Waals surface area contributed by atoms with Gasteiger partial charge in [0, 0.05) is 31.9 Å². The van der Waals surface area contributed by atoms with Crippen molar-refractivity contribution in [1.82, 2.24) is 9.80 Å². The van der Waals surface area contributed by atoms with Crippen molar-refractivity contribution in [3.05, 3.63) is 48.4 Å². The molecule has 0 radical (unpaired) electrons. The van der Waals surface area contributed by atoms with E-state index in [0.29, 0.717) is 24.5 Å². The van der Waals surface area contributed by atoms with E-state index in [4.69, 9.17) is 9.15 Å². The number of furan rings is 1. The SMILES string of the molecule is CCCN1CCC2(CCN(C(=O)COc3ccc(NC(=O)c4ccco4)cc3)C2)C1=O. The molecule has 0 saturated carbocycles. The van der Waals surface area contributed by atoms with Crippen molar-refractivity contribution in [2.24, 2.45) is 5.41 Å². The van der Waals surface area contributed by atoms with Crippen molar-refractivity contribution in [3.63, 3.8) is 0 Å². The Morgan fingerprint density at radius 2 is 1.94 bits per heavy atom. The van der Waals surface area contributed by atoms with Gasteiger partial charge in [0.25, 0.3) is 11.8 Å². The van der Waals surface area contributed by atoms with Crippen LogP contribution in [0.5, 0.6) is 5.75 Å². The van der Waals surface area contributed by atoms with Crippen LogP contribution < -0.4 is 10.1 Å². The van der Waals surface area contributed by atoms with E-state index in [0.717, 1.165) is 32.4 Å². The summed E-state index contributed by atoms with van der Waals surface area (Å²) < 4.78 is 10.7. The Balaban J connectivity index is 1.26. The Bertz CT molecular complexity index is 941. The minimum absolute atomic E-state index is 0.0823. The topological polar surface area (TPSA) is 92.1 Å². The Labute approximate surface area is 181 Å². The van der Waals surface area contributed by atoms with Crippen LogP contribution in [0.4, 0.5) is 5.69 Å². The molecule has 164 valence electrons. The van der Waals surface area contributed by atoms with Gasteiger partial charge >= 0.3 is 0 Å². The summed E-state index contributed by atoms with van der Waals surface area (Å²) >= 11 is 0. The molecule has 2 saturated heterocycles. The lowest BCUT2D eigenvalue weighted by Gasteiger charge is -2.23. The third-order valence-corrected chi connectivity index (χ3v) is 6.02. The molecular weight excluding hydrogens is 398 g/mol. The first kappa shape index (κ1) is 21.0. The van der Waals surface area contributed by atoms with Crippen LogP contribution in [0.25, 0.3) is 0 Å². The molecule has 2 fully saturated rings. The van der Waals surface area contributed by atoms with Crippen molar-refractivity contribution in [2.45, 2.75) is 26.2 Å². The number of carbonyl (C=O) groups is 3. The van der Waals surface area contributed by atoms with E-state index in [1.54, 1.807) is 41.3 Å². The Morgan fingerprint density at radius 3 is 2.65 bits per heavy atom. The van der Waals surface area contributed by atoms with Gasteiger partial charge in [-0.3, -0.25) is 14.4 Å². The lowest BCUT2D eigenvalue weighted by molar-refractivity contribution is -0.137. The summed E-state index contributed by atoms with van der Waals surface area (Å²) in [7, 11) is 0. The van der Waals surface area contributed by atoms with Gasteiger partial charge in [0.1, 0.15) is 5.75 Å². The molecule has 1 atom stereocenters. The van der Waals surface area contributed by atoms with E-state index in [1.807, 2.05) is 4.90 Å². The average molecular weight is 425 g/mol. The fraction of sp³-hybridized carbons (Fsp3) is 0.435. The van der Waals surface area contributed by atoms with Crippen molar-refractivity contribution >= 4 is 23.4 Å². The van der Waals surface area contributed by atoms with Crippen LogP contribution in [0, 0.1) is 5.41 Å². The first-order valence-electron chi connectivity index (χ1n) is 10.7. The van der Waals surface area contributed by atoms with Crippen molar-refractivity contribution in [2.75, 3.05) is 38.1 Å². The molecule has 1 spiro atoms. The maximum atomic E-state index is 12.8. The smallest absolute Gasteiger partial charge is 0.291 e. The maximum Gasteiger partial charge on any atom is 0.291 e. The van der Waals surface area contributed by atoms with Gasteiger partial charge in [0.2, 0.25) is 5.91 Å². The van der Waals surface area contributed by atoms with Crippen LogP contribution in [-0.4, -0.2) is 60.3 Å². The van der Waals surface area contributed by atoms with Crippen LogP contribution in [0.15, 0.2) is 47.1 Å². The largest absolute Gasteiger partial charge is 0.484 e. The molecule has 4 rings (SSSR count). The lowest BCUT2D eigenvalue weighted by Crippen LogP contribution is -2.39. The van der Waals surface area contributed by atoms with Crippen LogP contribution >= 0.6 is 0 Å². The summed E-state index contributed by atoms with van der Waals surface area (Å²) in [5.74, 6) is 0.500. The standard InChI is InChI=1S/C23H27N3O5/c1-2-11-25-12-9-23(22(25)29)10-13-26(16-23)20(27)15-31-18-7-5-17(6-8-18)24-21(28)19-4-3-14-30-19/h3-8,14H,2,9-13,15-16H2,1H3,(H,24,28). The van der Waals surface area contributed by atoms with Gasteiger partial charge in [-0.15, -0.1) is 0 Å². The predicted molar refractivity (Wildman–Crippen MR) is 114 cm³/mol. The van der Waals surface area contributed by atoms with E-state index >= 15 is 0 Å². The molecule has 1 unspecified atom stereocenters. The van der Waals surface area contributed by atoms with E-state index in [-0.39, 0.29) is 30.1 Å². The molecular formula is C23H27N3O5. The number of anilines is 1. The average Bonchev–Trinajstić information content (AvgIpc) is 3.52. The van der Waals surface area contributed by atoms with Crippen LogP contribution in [0.1, 0.15) is 36.7 Å². The molecule has 3 amide bonds. The fourth-order valence-corrected chi connectivity index (χ4v) is 4.31. The second-order valence-corrected chi connectivity index (χ2v) is 8.13. The van der Waals surface area contributed by atoms with Gasteiger partial charge in [-0.1, -0.05) is 6.92 Å². The molecule has 3 heterocycles. The fourth-order valence-electron chi connectivity index (χ4n) is 4.31. The van der Waals surface area contributed by atoms with E-state index in [1.165, 1.54) is 6.26 Å². The summed E-state index contributed by atoms with van der Waals surface area (Å²) in [6.07, 6.45) is 3.93.